The lowest BCUT2D eigenvalue weighted by Gasteiger charge is -2.46. The van der Waals surface area contributed by atoms with Crippen molar-refractivity contribution >= 4 is 5.91 Å². The molecule has 0 aromatic heterocycles. The maximum Gasteiger partial charge on any atom is 0.220 e. The van der Waals surface area contributed by atoms with E-state index in [0.717, 1.165) is 38.5 Å². The van der Waals surface area contributed by atoms with Gasteiger partial charge in [-0.2, -0.15) is 0 Å². The van der Waals surface area contributed by atoms with Crippen molar-refractivity contribution in [1.82, 2.24) is 5.32 Å². The first-order chi connectivity index (χ1) is 32.6. The Morgan fingerprint density at radius 2 is 0.925 bits per heavy atom. The fourth-order valence-corrected chi connectivity index (χ4v) is 9.23. The number of carbonyl (C=O) groups is 1. The lowest BCUT2D eigenvalue weighted by molar-refractivity contribution is -0.359. The summed E-state index contributed by atoms with van der Waals surface area (Å²) < 4.78 is 22.7. The quantitative estimate of drug-likeness (QED) is 0.0209. The zero-order valence-electron chi connectivity index (χ0n) is 42.2. The van der Waals surface area contributed by atoms with E-state index in [1.54, 1.807) is 6.08 Å². The van der Waals surface area contributed by atoms with Gasteiger partial charge in [0.05, 0.1) is 32.0 Å². The summed E-state index contributed by atoms with van der Waals surface area (Å²) in [5.74, 6) is -0.236. The van der Waals surface area contributed by atoms with Gasteiger partial charge in [-0.15, -0.1) is 0 Å². The molecular weight excluding hydrogens is 859 g/mol. The Bertz CT molecular complexity index is 1180. The fourth-order valence-electron chi connectivity index (χ4n) is 9.23. The monoisotopic (exact) mass is 960 g/mol. The Morgan fingerprint density at radius 3 is 1.37 bits per heavy atom. The summed E-state index contributed by atoms with van der Waals surface area (Å²) in [7, 11) is 0. The maximum atomic E-state index is 13.2. The van der Waals surface area contributed by atoms with Crippen LogP contribution in [-0.2, 0) is 23.7 Å². The largest absolute Gasteiger partial charge is 0.394 e. The first-order valence-electron chi connectivity index (χ1n) is 27.4. The van der Waals surface area contributed by atoms with E-state index < -0.39 is 86.8 Å². The van der Waals surface area contributed by atoms with Crippen LogP contribution in [0.5, 0.6) is 0 Å². The molecule has 12 unspecified atom stereocenters. The number of allylic oxidation sites excluding steroid dienone is 1. The topological polar surface area (TPSA) is 228 Å². The highest BCUT2D eigenvalue weighted by molar-refractivity contribution is 5.76. The minimum atomic E-state index is -1.78. The van der Waals surface area contributed by atoms with Crippen molar-refractivity contribution in [2.75, 3.05) is 19.8 Å². The Kier molecular flexibility index (Phi) is 37.2. The summed E-state index contributed by atoms with van der Waals surface area (Å²) >= 11 is 0. The molecule has 396 valence electrons. The average molecular weight is 960 g/mol. The molecule has 2 aliphatic heterocycles. The van der Waals surface area contributed by atoms with Crippen LogP contribution in [0.4, 0.5) is 0 Å². The highest BCUT2D eigenvalue weighted by Gasteiger charge is 2.51. The molecule has 2 saturated heterocycles. The summed E-state index contributed by atoms with van der Waals surface area (Å²) in [4.78, 5) is 13.2. The minimum absolute atomic E-state index is 0.236. The molecule has 0 saturated carbocycles. The van der Waals surface area contributed by atoms with E-state index in [2.05, 4.69) is 19.2 Å². The van der Waals surface area contributed by atoms with Crippen LogP contribution < -0.4 is 5.32 Å². The van der Waals surface area contributed by atoms with E-state index in [-0.39, 0.29) is 18.9 Å². The molecule has 2 aliphatic rings. The van der Waals surface area contributed by atoms with Crippen LogP contribution in [0.25, 0.3) is 0 Å². The molecule has 0 aromatic rings. The molecule has 67 heavy (non-hydrogen) atoms. The van der Waals surface area contributed by atoms with Gasteiger partial charge in [0.15, 0.2) is 12.6 Å². The summed E-state index contributed by atoms with van der Waals surface area (Å²) in [5, 5.41) is 86.9. The lowest BCUT2D eigenvalue weighted by Crippen LogP contribution is -2.65. The molecule has 2 fully saturated rings. The number of rotatable bonds is 43. The zero-order valence-corrected chi connectivity index (χ0v) is 42.2. The number of aliphatic hydroxyl groups is 8. The van der Waals surface area contributed by atoms with Crippen molar-refractivity contribution in [1.29, 1.82) is 0 Å². The van der Waals surface area contributed by atoms with Crippen molar-refractivity contribution in [3.63, 3.8) is 0 Å². The van der Waals surface area contributed by atoms with Gasteiger partial charge in [-0.3, -0.25) is 4.79 Å². The predicted octanol–water partition coefficient (Wildman–Crippen LogP) is 7.94. The first-order valence-corrected chi connectivity index (χ1v) is 27.4. The minimum Gasteiger partial charge on any atom is -0.394 e. The second kappa shape index (κ2) is 40.3. The van der Waals surface area contributed by atoms with Gasteiger partial charge < -0.3 is 65.1 Å². The number of ether oxygens (including phenoxy) is 4. The summed E-state index contributed by atoms with van der Waals surface area (Å²) in [5.41, 5.74) is 0. The number of amides is 1. The molecule has 9 N–H and O–H groups in total. The van der Waals surface area contributed by atoms with Crippen molar-refractivity contribution < 1.29 is 64.6 Å². The van der Waals surface area contributed by atoms with Crippen LogP contribution in [-0.4, -0.2) is 140 Å². The molecule has 0 spiro atoms. The van der Waals surface area contributed by atoms with E-state index in [0.29, 0.717) is 6.42 Å². The molecule has 0 radical (unpaired) electrons. The summed E-state index contributed by atoms with van der Waals surface area (Å²) in [6.45, 7) is 2.81. The van der Waals surface area contributed by atoms with Gasteiger partial charge in [0, 0.05) is 6.42 Å². The third-order valence-electron chi connectivity index (χ3n) is 13.7. The molecule has 12 atom stereocenters. The van der Waals surface area contributed by atoms with Crippen LogP contribution >= 0.6 is 0 Å². The number of hydrogen-bond acceptors (Lipinski definition) is 13. The van der Waals surface area contributed by atoms with Crippen molar-refractivity contribution in [3.8, 4) is 0 Å². The van der Waals surface area contributed by atoms with Gasteiger partial charge in [-0.1, -0.05) is 212 Å². The van der Waals surface area contributed by atoms with E-state index in [4.69, 9.17) is 18.9 Å². The van der Waals surface area contributed by atoms with Crippen LogP contribution in [0.2, 0.25) is 0 Å². The van der Waals surface area contributed by atoms with Gasteiger partial charge >= 0.3 is 0 Å². The molecule has 14 heteroatoms. The van der Waals surface area contributed by atoms with Gasteiger partial charge in [0.2, 0.25) is 5.91 Å². The molecule has 2 heterocycles. The Labute approximate surface area is 406 Å². The number of unbranched alkanes of at least 4 members (excludes halogenated alkanes) is 30. The third-order valence-corrected chi connectivity index (χ3v) is 13.7. The summed E-state index contributed by atoms with van der Waals surface area (Å²) in [6.07, 6.45) is 26.7. The summed E-state index contributed by atoms with van der Waals surface area (Å²) in [6, 6.07) is -0.908. The number of hydrogen-bond donors (Lipinski definition) is 9. The average Bonchev–Trinajstić information content (AvgIpc) is 3.32. The fraction of sp³-hybridized carbons (Fsp3) is 0.943. The molecule has 14 nitrogen and oxygen atoms in total. The zero-order chi connectivity index (χ0) is 48.9. The molecule has 2 rings (SSSR count). The van der Waals surface area contributed by atoms with E-state index >= 15 is 0 Å². The molecule has 0 bridgehead atoms. The Balaban J connectivity index is 1.82. The smallest absolute Gasteiger partial charge is 0.220 e. The Morgan fingerprint density at radius 1 is 0.522 bits per heavy atom. The van der Waals surface area contributed by atoms with Gasteiger partial charge in [-0.25, -0.2) is 0 Å². The maximum absolute atomic E-state index is 13.2. The highest BCUT2D eigenvalue weighted by atomic mass is 16.7. The highest BCUT2D eigenvalue weighted by Crippen LogP contribution is 2.30. The van der Waals surface area contributed by atoms with Gasteiger partial charge in [-0.05, 0) is 19.3 Å². The Hall–Kier alpha value is -1.27. The SMILES string of the molecule is CCCCCCCCCCCCCCCCC/C=C/C(O)C(COC1OC(CO)C(OC2OC(CO)C(O)C(O)C2O)C(O)C1O)NC(=O)CCCCCCCCCCCCCCCCCC. The van der Waals surface area contributed by atoms with E-state index in [9.17, 15) is 45.6 Å². The molecular formula is C53H101NO13. The third kappa shape index (κ3) is 27.2. The second-order valence-electron chi connectivity index (χ2n) is 19.7. The molecule has 1 amide bonds. The molecule has 0 aromatic carbocycles. The van der Waals surface area contributed by atoms with E-state index in [1.165, 1.54) is 161 Å². The standard InChI is InChI=1S/C53H101NO13/c1-3-5-7-9-11-13-15-17-19-21-22-24-26-28-30-32-34-36-42(57)41(54-45(58)37-35-33-31-29-27-25-23-20-18-16-14-12-10-8-6-4-2)40-64-52-50(63)48(61)51(44(39-56)66-52)67-53-49(62)47(60)46(59)43(38-55)65-53/h34,36,41-44,46-53,55-57,59-63H,3-33,35,37-40H2,1-2H3,(H,54,58)/b36-34+. The van der Waals surface area contributed by atoms with Crippen molar-refractivity contribution in [2.24, 2.45) is 0 Å². The van der Waals surface area contributed by atoms with E-state index in [1.807, 2.05) is 6.08 Å². The van der Waals surface area contributed by atoms with Crippen LogP contribution in [0, 0.1) is 0 Å². The second-order valence-corrected chi connectivity index (χ2v) is 19.7. The number of nitrogens with one attached hydrogen (secondary N) is 1. The molecule has 0 aliphatic carbocycles. The van der Waals surface area contributed by atoms with Crippen LogP contribution in [0.15, 0.2) is 12.2 Å². The first kappa shape index (κ1) is 61.8. The van der Waals surface area contributed by atoms with Crippen molar-refractivity contribution in [2.45, 2.75) is 299 Å². The van der Waals surface area contributed by atoms with Crippen LogP contribution in [0.1, 0.15) is 226 Å². The van der Waals surface area contributed by atoms with Gasteiger partial charge in [0.25, 0.3) is 0 Å². The van der Waals surface area contributed by atoms with Crippen molar-refractivity contribution in [3.05, 3.63) is 12.2 Å². The number of aliphatic hydroxyl groups excluding tert-OH is 8. The normalized spacial score (nSPS) is 26.6. The number of carbonyl (C=O) groups excluding carboxylic acids is 1. The van der Waals surface area contributed by atoms with Crippen LogP contribution in [0.3, 0.4) is 0 Å². The lowest BCUT2D eigenvalue weighted by atomic mass is 9.97. The van der Waals surface area contributed by atoms with Gasteiger partial charge in [0.1, 0.15) is 48.8 Å². The predicted molar refractivity (Wildman–Crippen MR) is 263 cm³/mol.